The molecule has 0 spiro atoms. The molecule has 3 aromatic carbocycles. The fourth-order valence-electron chi connectivity index (χ4n) is 3.71. The Morgan fingerprint density at radius 1 is 0.921 bits per heavy atom. The second-order valence-electron chi connectivity index (χ2n) is 8.04. The summed E-state index contributed by atoms with van der Waals surface area (Å²) in [4.78, 5) is 42.0. The van der Waals surface area contributed by atoms with E-state index in [2.05, 4.69) is 10.6 Å². The van der Waals surface area contributed by atoms with Crippen molar-refractivity contribution in [1.82, 2.24) is 0 Å². The van der Waals surface area contributed by atoms with Crippen molar-refractivity contribution in [3.63, 3.8) is 0 Å². The van der Waals surface area contributed by atoms with Crippen molar-refractivity contribution in [2.75, 3.05) is 22.6 Å². The van der Waals surface area contributed by atoms with Crippen LogP contribution >= 0.6 is 23.1 Å². The van der Waals surface area contributed by atoms with Crippen molar-refractivity contribution >= 4 is 57.9 Å². The van der Waals surface area contributed by atoms with Gasteiger partial charge in [0.2, 0.25) is 0 Å². The molecular formula is C28H20FN3O4S2. The van der Waals surface area contributed by atoms with Gasteiger partial charge in [0.25, 0.3) is 17.7 Å². The van der Waals surface area contributed by atoms with Crippen LogP contribution in [0.5, 0.6) is 5.75 Å². The van der Waals surface area contributed by atoms with Gasteiger partial charge in [-0.2, -0.15) is 0 Å². The first-order valence-corrected chi connectivity index (χ1v) is 13.0. The number of benzene rings is 3. The summed E-state index contributed by atoms with van der Waals surface area (Å²) in [5.41, 5.74) is 1.45. The lowest BCUT2D eigenvalue weighted by atomic mass is 10.2. The maximum atomic E-state index is 13.6. The van der Waals surface area contributed by atoms with E-state index >= 15 is 0 Å². The lowest BCUT2D eigenvalue weighted by Gasteiger charge is -2.15. The summed E-state index contributed by atoms with van der Waals surface area (Å²) in [5, 5.41) is 7.66. The summed E-state index contributed by atoms with van der Waals surface area (Å²) in [7, 11) is 1.53. The Balaban J connectivity index is 1.46. The van der Waals surface area contributed by atoms with Crippen LogP contribution in [0.2, 0.25) is 0 Å². The van der Waals surface area contributed by atoms with Crippen LogP contribution in [0.15, 0.2) is 106 Å². The highest BCUT2D eigenvalue weighted by Crippen LogP contribution is 2.39. The van der Waals surface area contributed by atoms with Gasteiger partial charge in [0.05, 0.1) is 17.7 Å². The lowest BCUT2D eigenvalue weighted by Crippen LogP contribution is -2.32. The summed E-state index contributed by atoms with van der Waals surface area (Å²) in [6.45, 7) is 0. The molecule has 0 saturated heterocycles. The summed E-state index contributed by atoms with van der Waals surface area (Å²) >= 11 is 2.43. The number of halogens is 1. The highest BCUT2D eigenvalue weighted by atomic mass is 32.2. The predicted molar refractivity (Wildman–Crippen MR) is 147 cm³/mol. The van der Waals surface area contributed by atoms with Crippen molar-refractivity contribution in [2.24, 2.45) is 0 Å². The molecule has 0 radical (unpaired) electrons. The largest absolute Gasteiger partial charge is 0.497 e. The summed E-state index contributed by atoms with van der Waals surface area (Å²) < 4.78 is 18.6. The number of anilines is 3. The highest BCUT2D eigenvalue weighted by molar-refractivity contribution is 8.04. The molecule has 0 fully saturated rings. The third-order valence-corrected chi connectivity index (χ3v) is 7.48. The van der Waals surface area contributed by atoms with Gasteiger partial charge in [-0.15, -0.1) is 11.3 Å². The van der Waals surface area contributed by atoms with Crippen molar-refractivity contribution < 1.29 is 23.5 Å². The Bertz CT molecular complexity index is 1540. The maximum Gasteiger partial charge on any atom is 0.283 e. The minimum atomic E-state index is -0.547. The van der Waals surface area contributed by atoms with E-state index in [0.29, 0.717) is 32.6 Å². The summed E-state index contributed by atoms with van der Waals surface area (Å²) in [6.07, 6.45) is 0. The van der Waals surface area contributed by atoms with Crippen LogP contribution in [-0.2, 0) is 9.59 Å². The number of amides is 3. The molecular weight excluding hydrogens is 525 g/mol. The average molecular weight is 546 g/mol. The van der Waals surface area contributed by atoms with Gasteiger partial charge in [0.15, 0.2) is 0 Å². The number of thiophene rings is 1. The third-order valence-electron chi connectivity index (χ3n) is 5.54. The number of hydrogen-bond acceptors (Lipinski definition) is 7. The first-order chi connectivity index (χ1) is 18.4. The predicted octanol–water partition coefficient (Wildman–Crippen LogP) is 6.14. The van der Waals surface area contributed by atoms with Gasteiger partial charge in [-0.3, -0.25) is 14.4 Å². The minimum absolute atomic E-state index is 0.0652. The lowest BCUT2D eigenvalue weighted by molar-refractivity contribution is -0.120. The Kier molecular flexibility index (Phi) is 7.25. The second-order valence-corrected chi connectivity index (χ2v) is 10.1. The van der Waals surface area contributed by atoms with Gasteiger partial charge >= 0.3 is 0 Å². The van der Waals surface area contributed by atoms with Gasteiger partial charge in [-0.05, 0) is 78.2 Å². The van der Waals surface area contributed by atoms with Crippen LogP contribution in [-0.4, -0.2) is 24.8 Å². The molecule has 190 valence electrons. The van der Waals surface area contributed by atoms with Gasteiger partial charge in [0, 0.05) is 16.3 Å². The van der Waals surface area contributed by atoms with E-state index in [1.807, 2.05) is 5.38 Å². The summed E-state index contributed by atoms with van der Waals surface area (Å²) in [5.74, 6) is -1.13. The zero-order valence-electron chi connectivity index (χ0n) is 19.9. The molecule has 1 aliphatic heterocycles. The molecule has 38 heavy (non-hydrogen) atoms. The van der Waals surface area contributed by atoms with Crippen LogP contribution in [0, 0.1) is 5.82 Å². The van der Waals surface area contributed by atoms with E-state index < -0.39 is 17.6 Å². The van der Waals surface area contributed by atoms with Crippen molar-refractivity contribution in [3.05, 3.63) is 112 Å². The molecule has 1 aromatic heterocycles. The molecule has 7 nitrogen and oxygen atoms in total. The molecule has 1 aliphatic rings. The third kappa shape index (κ3) is 5.31. The van der Waals surface area contributed by atoms with Crippen molar-refractivity contribution in [3.8, 4) is 5.75 Å². The number of rotatable bonds is 8. The fourth-order valence-corrected chi connectivity index (χ4v) is 5.32. The number of nitrogens with one attached hydrogen (secondary N) is 2. The first-order valence-electron chi connectivity index (χ1n) is 11.4. The zero-order valence-corrected chi connectivity index (χ0v) is 21.6. The molecule has 0 unspecified atom stereocenters. The molecule has 0 aliphatic carbocycles. The smallest absolute Gasteiger partial charge is 0.283 e. The molecule has 0 bridgehead atoms. The molecule has 2 N–H and O–H groups in total. The first kappa shape index (κ1) is 25.2. The van der Waals surface area contributed by atoms with Crippen LogP contribution in [0.1, 0.15) is 9.67 Å². The maximum absolute atomic E-state index is 13.6. The van der Waals surface area contributed by atoms with E-state index in [-0.39, 0.29) is 16.5 Å². The molecule has 5 rings (SSSR count). The van der Waals surface area contributed by atoms with Crippen LogP contribution in [0.3, 0.4) is 0 Å². The number of carbonyl (C=O) groups is 3. The standard InChI is InChI=1S/C28H20FN3O4S2/c1-36-21-13-11-20(12-14-21)32-27(34)24(30-18-9-7-17(29)8-10-18)25(28(32)35)38-22-5-2-4-19(16-22)31-26(33)23-6-3-15-37-23/h2-16,30H,1H3,(H,31,33). The quantitative estimate of drug-likeness (QED) is 0.259. The van der Waals surface area contributed by atoms with E-state index in [0.717, 1.165) is 16.7 Å². The number of methoxy groups -OCH3 is 1. The Morgan fingerprint density at radius 3 is 2.37 bits per heavy atom. The Hall–Kier alpha value is -4.41. The topological polar surface area (TPSA) is 87.7 Å². The molecule has 10 heteroatoms. The molecule has 2 heterocycles. The zero-order chi connectivity index (χ0) is 26.6. The molecule has 0 saturated carbocycles. The van der Waals surface area contributed by atoms with E-state index in [1.54, 1.807) is 60.7 Å². The Labute approximate surface area is 225 Å². The van der Waals surface area contributed by atoms with Crippen molar-refractivity contribution in [1.29, 1.82) is 0 Å². The van der Waals surface area contributed by atoms with E-state index in [9.17, 15) is 18.8 Å². The van der Waals surface area contributed by atoms with E-state index in [1.165, 1.54) is 42.7 Å². The van der Waals surface area contributed by atoms with Gasteiger partial charge in [-0.1, -0.05) is 23.9 Å². The van der Waals surface area contributed by atoms with Gasteiger partial charge in [-0.25, -0.2) is 9.29 Å². The summed E-state index contributed by atoms with van der Waals surface area (Å²) in [6, 6.07) is 22.6. The van der Waals surface area contributed by atoms with Crippen LogP contribution < -0.4 is 20.3 Å². The number of hydrogen-bond donors (Lipinski definition) is 2. The highest BCUT2D eigenvalue weighted by Gasteiger charge is 2.40. The second kappa shape index (κ2) is 10.9. The average Bonchev–Trinajstić information content (AvgIpc) is 3.54. The Morgan fingerprint density at radius 2 is 1.68 bits per heavy atom. The fraction of sp³-hybridized carbons (Fsp3) is 0.0357. The van der Waals surface area contributed by atoms with Gasteiger partial charge < -0.3 is 15.4 Å². The van der Waals surface area contributed by atoms with Crippen LogP contribution in [0.4, 0.5) is 21.5 Å². The number of carbonyl (C=O) groups excluding carboxylic acids is 3. The number of thioether (sulfide) groups is 1. The van der Waals surface area contributed by atoms with E-state index in [4.69, 9.17) is 4.74 Å². The minimum Gasteiger partial charge on any atom is -0.497 e. The number of ether oxygens (including phenoxy) is 1. The SMILES string of the molecule is COc1ccc(N2C(=O)C(Nc3ccc(F)cc3)=C(Sc3cccc(NC(=O)c4cccs4)c3)C2=O)cc1. The van der Waals surface area contributed by atoms with Crippen LogP contribution in [0.25, 0.3) is 0 Å². The normalized spacial score (nSPS) is 13.2. The molecule has 4 aromatic rings. The number of imide groups is 1. The molecule has 3 amide bonds. The number of nitrogens with zero attached hydrogens (tertiary/aromatic N) is 1. The monoisotopic (exact) mass is 545 g/mol. The van der Waals surface area contributed by atoms with Crippen molar-refractivity contribution in [2.45, 2.75) is 4.90 Å². The van der Waals surface area contributed by atoms with Gasteiger partial charge in [0.1, 0.15) is 22.2 Å². The molecule has 0 atom stereocenters.